The van der Waals surface area contributed by atoms with Crippen molar-refractivity contribution in [3.05, 3.63) is 72.3 Å². The smallest absolute Gasteiger partial charge is 0.406 e. The third-order valence-electron chi connectivity index (χ3n) is 4.37. The summed E-state index contributed by atoms with van der Waals surface area (Å²) in [6.45, 7) is 0. The number of hydrogen-bond acceptors (Lipinski definition) is 7. The van der Waals surface area contributed by atoms with E-state index in [1.54, 1.807) is 6.07 Å². The third kappa shape index (κ3) is 7.66. The van der Waals surface area contributed by atoms with Crippen LogP contribution in [-0.4, -0.2) is 29.6 Å². The second-order valence-electron chi connectivity index (χ2n) is 7.12. The minimum atomic E-state index is -5.01. The fraction of sp³-hybridized carbons (Fsp3) is 0.0952. The fourth-order valence-electron chi connectivity index (χ4n) is 2.84. The Morgan fingerprint density at radius 2 is 1.03 bits per heavy atom. The first kappa shape index (κ1) is 28.4. The molecule has 0 aliphatic carbocycles. The molecule has 3 aromatic rings. The molecule has 17 heteroatoms. The van der Waals surface area contributed by atoms with Crippen molar-refractivity contribution in [3.63, 3.8) is 0 Å². The highest BCUT2D eigenvalue weighted by Crippen LogP contribution is 2.30. The zero-order chi connectivity index (χ0) is 28.4. The maximum Gasteiger partial charge on any atom is 0.573 e. The van der Waals surface area contributed by atoms with Crippen LogP contribution in [0.5, 0.6) is 11.5 Å². The maximum absolute atomic E-state index is 12.8. The first-order valence-electron chi connectivity index (χ1n) is 9.79. The van der Waals surface area contributed by atoms with E-state index in [0.29, 0.717) is 0 Å². The average Bonchev–Trinajstić information content (AvgIpc) is 2.78. The molecule has 0 atom stereocenters. The Morgan fingerprint density at radius 3 is 1.39 bits per heavy atom. The van der Waals surface area contributed by atoms with E-state index in [4.69, 9.17) is 5.26 Å². The van der Waals surface area contributed by atoms with Crippen LogP contribution >= 0.6 is 0 Å². The van der Waals surface area contributed by atoms with Crippen molar-refractivity contribution in [2.24, 2.45) is 0 Å². The molecule has 2 N–H and O–H groups in total. The largest absolute Gasteiger partial charge is 0.573 e. The number of alkyl halides is 6. The number of nitrogens with one attached hydrogen (secondary N) is 2. The van der Waals surface area contributed by atoms with Gasteiger partial charge in [0.05, 0.1) is 32.8 Å². The molecule has 9 nitrogen and oxygen atoms in total. The molecular formula is C21H13F6N3O6S2. The van der Waals surface area contributed by atoms with E-state index in [1.165, 1.54) is 0 Å². The minimum Gasteiger partial charge on any atom is -0.406 e. The second-order valence-corrected chi connectivity index (χ2v) is 10.5. The highest BCUT2D eigenvalue weighted by molar-refractivity contribution is 7.93. The van der Waals surface area contributed by atoms with E-state index in [9.17, 15) is 43.2 Å². The Balaban J connectivity index is 1.89. The molecule has 0 fully saturated rings. The van der Waals surface area contributed by atoms with Crippen molar-refractivity contribution >= 4 is 31.4 Å². The predicted octanol–water partition coefficient (Wildman–Crippen LogP) is 4.96. The van der Waals surface area contributed by atoms with Gasteiger partial charge in [-0.15, -0.1) is 26.3 Å². The molecule has 0 aliphatic heterocycles. The lowest BCUT2D eigenvalue weighted by Crippen LogP contribution is -2.19. The number of halogens is 6. The van der Waals surface area contributed by atoms with E-state index < -0.39 is 59.7 Å². The maximum atomic E-state index is 12.8. The van der Waals surface area contributed by atoms with Gasteiger partial charge in [0, 0.05) is 0 Å². The summed E-state index contributed by atoms with van der Waals surface area (Å²) in [5, 5.41) is 9.15. The molecule has 0 radical (unpaired) electrons. The van der Waals surface area contributed by atoms with E-state index in [0.717, 1.165) is 66.7 Å². The van der Waals surface area contributed by atoms with Gasteiger partial charge in [-0.2, -0.15) is 5.26 Å². The van der Waals surface area contributed by atoms with Crippen molar-refractivity contribution in [3.8, 4) is 17.6 Å². The van der Waals surface area contributed by atoms with Crippen LogP contribution in [0.2, 0.25) is 0 Å². The highest BCUT2D eigenvalue weighted by atomic mass is 32.2. The molecule has 0 bridgehead atoms. The molecule has 0 saturated heterocycles. The Kier molecular flexibility index (Phi) is 7.70. The molecule has 3 rings (SSSR count). The molecule has 3 aromatic carbocycles. The van der Waals surface area contributed by atoms with Gasteiger partial charge >= 0.3 is 12.7 Å². The van der Waals surface area contributed by atoms with Gasteiger partial charge in [0.1, 0.15) is 11.5 Å². The molecule has 202 valence electrons. The number of rotatable bonds is 8. The first-order valence-corrected chi connectivity index (χ1v) is 12.8. The number of nitrogens with zero attached hydrogens (tertiary/aromatic N) is 1. The van der Waals surface area contributed by atoms with Crippen molar-refractivity contribution in [1.29, 1.82) is 5.26 Å². The SMILES string of the molecule is N#Cc1ccc(NS(=O)(=O)c2ccc(OC(F)(F)F)cc2)c(NS(=O)(=O)c2ccc(OC(F)(F)F)cc2)c1. The number of ether oxygens (including phenoxy) is 2. The van der Waals surface area contributed by atoms with E-state index in [-0.39, 0.29) is 11.3 Å². The van der Waals surface area contributed by atoms with E-state index in [2.05, 4.69) is 14.2 Å². The Labute approximate surface area is 211 Å². The molecule has 38 heavy (non-hydrogen) atoms. The van der Waals surface area contributed by atoms with Crippen LogP contribution in [0, 0.1) is 11.3 Å². The summed E-state index contributed by atoms with van der Waals surface area (Å²) in [5.41, 5.74) is -0.895. The van der Waals surface area contributed by atoms with Crippen LogP contribution < -0.4 is 18.9 Å². The van der Waals surface area contributed by atoms with Crippen molar-refractivity contribution in [1.82, 2.24) is 0 Å². The summed E-state index contributed by atoms with van der Waals surface area (Å²) in [6.07, 6.45) is -10.0. The van der Waals surface area contributed by atoms with E-state index in [1.807, 2.05) is 4.72 Å². The van der Waals surface area contributed by atoms with Crippen LogP contribution in [0.25, 0.3) is 0 Å². The number of hydrogen-bond donors (Lipinski definition) is 2. The first-order chi connectivity index (χ1) is 17.5. The van der Waals surface area contributed by atoms with Crippen molar-refractivity contribution < 1.29 is 52.7 Å². The van der Waals surface area contributed by atoms with Gasteiger partial charge in [0.2, 0.25) is 0 Å². The molecule has 0 heterocycles. The number of sulfonamides is 2. The quantitative estimate of drug-likeness (QED) is 0.359. The number of nitriles is 1. The normalized spacial score (nSPS) is 12.3. The van der Waals surface area contributed by atoms with E-state index >= 15 is 0 Å². The van der Waals surface area contributed by atoms with Crippen LogP contribution in [-0.2, 0) is 20.0 Å². The van der Waals surface area contributed by atoms with Crippen molar-refractivity contribution in [2.45, 2.75) is 22.5 Å². The summed E-state index contributed by atoms with van der Waals surface area (Å²) < 4.78 is 137. The summed E-state index contributed by atoms with van der Waals surface area (Å²) >= 11 is 0. The van der Waals surface area contributed by atoms with Gasteiger partial charge in [-0.25, -0.2) is 16.8 Å². The summed E-state index contributed by atoms with van der Waals surface area (Å²) in [4.78, 5) is -1.03. The molecule has 0 aliphatic rings. The molecule has 0 aromatic heterocycles. The Hall–Kier alpha value is -4.17. The number of benzene rings is 3. The topological polar surface area (TPSA) is 135 Å². The van der Waals surface area contributed by atoms with Crippen LogP contribution in [0.15, 0.2) is 76.5 Å². The van der Waals surface area contributed by atoms with Gasteiger partial charge < -0.3 is 9.47 Å². The Morgan fingerprint density at radius 1 is 0.632 bits per heavy atom. The highest BCUT2D eigenvalue weighted by Gasteiger charge is 2.32. The van der Waals surface area contributed by atoms with Crippen LogP contribution in [0.4, 0.5) is 37.7 Å². The number of anilines is 2. The van der Waals surface area contributed by atoms with Gasteiger partial charge in [0.15, 0.2) is 0 Å². The average molecular weight is 581 g/mol. The van der Waals surface area contributed by atoms with Crippen LogP contribution in [0.1, 0.15) is 5.56 Å². The standard InChI is InChI=1S/C21H13F6N3O6S2/c22-20(23,24)35-14-2-6-16(7-3-14)37(31,32)29-18-10-1-13(12-28)11-19(18)30-38(33,34)17-8-4-15(5-9-17)36-21(25,26)27/h1-11,29-30H. The molecule has 0 saturated carbocycles. The molecular weight excluding hydrogens is 568 g/mol. The zero-order valence-electron chi connectivity index (χ0n) is 18.3. The summed E-state index contributed by atoms with van der Waals surface area (Å²) in [5.74, 6) is -1.38. The van der Waals surface area contributed by atoms with Gasteiger partial charge in [-0.05, 0) is 66.7 Å². The molecule has 0 spiro atoms. The third-order valence-corrected chi connectivity index (χ3v) is 7.14. The van der Waals surface area contributed by atoms with Crippen molar-refractivity contribution in [2.75, 3.05) is 9.44 Å². The molecule has 0 unspecified atom stereocenters. The fourth-order valence-corrected chi connectivity index (χ4v) is 4.99. The lowest BCUT2D eigenvalue weighted by Gasteiger charge is -2.16. The van der Waals surface area contributed by atoms with Gasteiger partial charge in [-0.1, -0.05) is 0 Å². The molecule has 0 amide bonds. The summed E-state index contributed by atoms with van der Waals surface area (Å²) in [7, 11) is -9.01. The minimum absolute atomic E-state index is 0.0896. The van der Waals surface area contributed by atoms with Gasteiger partial charge in [-0.3, -0.25) is 9.44 Å². The van der Waals surface area contributed by atoms with Gasteiger partial charge in [0.25, 0.3) is 20.0 Å². The predicted molar refractivity (Wildman–Crippen MR) is 119 cm³/mol. The summed E-state index contributed by atoms with van der Waals surface area (Å²) in [6, 6.07) is 11.1. The van der Waals surface area contributed by atoms with Crippen LogP contribution in [0.3, 0.4) is 0 Å². The second kappa shape index (κ2) is 10.3. The lowest BCUT2D eigenvalue weighted by atomic mass is 10.2. The Bertz CT molecular complexity index is 1570. The monoisotopic (exact) mass is 581 g/mol. The lowest BCUT2D eigenvalue weighted by molar-refractivity contribution is -0.275. The zero-order valence-corrected chi connectivity index (χ0v) is 20.0.